The second-order valence-corrected chi connectivity index (χ2v) is 4.87. The van der Waals surface area contributed by atoms with Gasteiger partial charge in [-0.05, 0) is 18.8 Å². The third-order valence-electron chi connectivity index (χ3n) is 3.45. The standard InChI is InChI=1S/C14H21N5O/c1-2-5-17-14(20)18-10-12-3-8-19(9-4-12)13-11-15-6-7-16-13/h2,6-7,11-12H,1,3-5,8-10H2,(H2,17,18,20). The first kappa shape index (κ1) is 14.3. The lowest BCUT2D eigenvalue weighted by atomic mass is 9.97. The van der Waals surface area contributed by atoms with E-state index >= 15 is 0 Å². The van der Waals surface area contributed by atoms with E-state index in [0.29, 0.717) is 12.5 Å². The third-order valence-corrected chi connectivity index (χ3v) is 3.45. The average molecular weight is 275 g/mol. The Morgan fingerprint density at radius 2 is 2.20 bits per heavy atom. The van der Waals surface area contributed by atoms with Crippen LogP contribution in [0.4, 0.5) is 10.6 Å². The van der Waals surface area contributed by atoms with Crippen LogP contribution in [0.5, 0.6) is 0 Å². The Bertz CT molecular complexity index is 428. The van der Waals surface area contributed by atoms with Crippen molar-refractivity contribution < 1.29 is 4.79 Å². The number of aromatic nitrogens is 2. The van der Waals surface area contributed by atoms with Gasteiger partial charge in [0.1, 0.15) is 5.82 Å². The number of piperidine rings is 1. The molecule has 108 valence electrons. The highest BCUT2D eigenvalue weighted by molar-refractivity contribution is 5.73. The van der Waals surface area contributed by atoms with E-state index in [9.17, 15) is 4.79 Å². The van der Waals surface area contributed by atoms with E-state index in [2.05, 4.69) is 32.1 Å². The summed E-state index contributed by atoms with van der Waals surface area (Å²) in [6.45, 7) is 6.69. The van der Waals surface area contributed by atoms with E-state index < -0.39 is 0 Å². The van der Waals surface area contributed by atoms with E-state index in [4.69, 9.17) is 0 Å². The smallest absolute Gasteiger partial charge is 0.315 e. The Morgan fingerprint density at radius 1 is 1.40 bits per heavy atom. The minimum Gasteiger partial charge on any atom is -0.355 e. The largest absolute Gasteiger partial charge is 0.355 e. The molecule has 0 bridgehead atoms. The van der Waals surface area contributed by atoms with Gasteiger partial charge in [0.05, 0.1) is 6.20 Å². The molecule has 1 fully saturated rings. The van der Waals surface area contributed by atoms with Crippen molar-refractivity contribution in [3.63, 3.8) is 0 Å². The molecule has 1 aliphatic rings. The van der Waals surface area contributed by atoms with Gasteiger partial charge in [-0.2, -0.15) is 0 Å². The van der Waals surface area contributed by atoms with Gasteiger partial charge in [0.25, 0.3) is 0 Å². The highest BCUT2D eigenvalue weighted by Crippen LogP contribution is 2.20. The number of hydrogen-bond acceptors (Lipinski definition) is 4. The monoisotopic (exact) mass is 275 g/mol. The van der Waals surface area contributed by atoms with Gasteiger partial charge in [0.15, 0.2) is 0 Å². The molecule has 1 aliphatic heterocycles. The van der Waals surface area contributed by atoms with Gasteiger partial charge in [-0.25, -0.2) is 9.78 Å². The minimum absolute atomic E-state index is 0.124. The lowest BCUT2D eigenvalue weighted by Crippen LogP contribution is -2.42. The Hall–Kier alpha value is -2.11. The Morgan fingerprint density at radius 3 is 2.85 bits per heavy atom. The van der Waals surface area contributed by atoms with Crippen LogP contribution in [-0.4, -0.2) is 42.2 Å². The van der Waals surface area contributed by atoms with Crippen LogP contribution in [0, 0.1) is 5.92 Å². The summed E-state index contributed by atoms with van der Waals surface area (Å²) in [5.74, 6) is 1.46. The van der Waals surface area contributed by atoms with Gasteiger partial charge in [0.2, 0.25) is 0 Å². The summed E-state index contributed by atoms with van der Waals surface area (Å²) in [5, 5.41) is 5.61. The summed E-state index contributed by atoms with van der Waals surface area (Å²) in [4.78, 5) is 22.1. The van der Waals surface area contributed by atoms with Crippen LogP contribution < -0.4 is 15.5 Å². The Kier molecular flexibility index (Phi) is 5.34. The fourth-order valence-corrected chi connectivity index (χ4v) is 2.29. The SMILES string of the molecule is C=CCNC(=O)NCC1CCN(c2cnccn2)CC1. The van der Waals surface area contributed by atoms with Crippen molar-refractivity contribution in [2.45, 2.75) is 12.8 Å². The lowest BCUT2D eigenvalue weighted by molar-refractivity contribution is 0.238. The first-order valence-corrected chi connectivity index (χ1v) is 6.93. The molecular formula is C14H21N5O. The predicted molar refractivity (Wildman–Crippen MR) is 78.6 cm³/mol. The first-order chi connectivity index (χ1) is 9.79. The zero-order chi connectivity index (χ0) is 14.2. The number of amides is 2. The van der Waals surface area contributed by atoms with E-state index in [0.717, 1.165) is 38.3 Å². The van der Waals surface area contributed by atoms with Crippen LogP contribution in [-0.2, 0) is 0 Å². The maximum absolute atomic E-state index is 11.4. The summed E-state index contributed by atoms with van der Waals surface area (Å²) in [6.07, 6.45) is 8.96. The molecule has 0 aromatic carbocycles. The Balaban J connectivity index is 1.69. The molecule has 0 atom stereocenters. The van der Waals surface area contributed by atoms with Crippen LogP contribution >= 0.6 is 0 Å². The van der Waals surface area contributed by atoms with Gasteiger partial charge in [-0.3, -0.25) is 4.98 Å². The van der Waals surface area contributed by atoms with Gasteiger partial charge >= 0.3 is 6.03 Å². The van der Waals surface area contributed by atoms with Crippen molar-refractivity contribution in [3.8, 4) is 0 Å². The lowest BCUT2D eigenvalue weighted by Gasteiger charge is -2.32. The number of urea groups is 1. The van der Waals surface area contributed by atoms with E-state index in [1.165, 1.54) is 0 Å². The molecule has 1 aromatic rings. The van der Waals surface area contributed by atoms with Gasteiger partial charge in [0, 0.05) is 38.6 Å². The molecule has 6 nitrogen and oxygen atoms in total. The second-order valence-electron chi connectivity index (χ2n) is 4.87. The molecule has 0 spiro atoms. The van der Waals surface area contributed by atoms with Crippen molar-refractivity contribution in [1.29, 1.82) is 0 Å². The molecule has 2 N–H and O–H groups in total. The molecule has 1 saturated heterocycles. The molecule has 6 heteroatoms. The summed E-state index contributed by atoms with van der Waals surface area (Å²) < 4.78 is 0. The number of carbonyl (C=O) groups is 1. The molecule has 0 unspecified atom stereocenters. The van der Waals surface area contributed by atoms with Crippen molar-refractivity contribution >= 4 is 11.8 Å². The average Bonchev–Trinajstić information content (AvgIpc) is 2.52. The maximum Gasteiger partial charge on any atom is 0.315 e. The highest BCUT2D eigenvalue weighted by atomic mass is 16.2. The second kappa shape index (κ2) is 7.47. The maximum atomic E-state index is 11.4. The van der Waals surface area contributed by atoms with E-state index in [1.807, 2.05) is 0 Å². The summed E-state index contributed by atoms with van der Waals surface area (Å²) >= 11 is 0. The number of nitrogens with one attached hydrogen (secondary N) is 2. The minimum atomic E-state index is -0.124. The summed E-state index contributed by atoms with van der Waals surface area (Å²) in [5.41, 5.74) is 0. The quantitative estimate of drug-likeness (QED) is 0.792. The number of hydrogen-bond donors (Lipinski definition) is 2. The fourth-order valence-electron chi connectivity index (χ4n) is 2.29. The number of anilines is 1. The number of rotatable bonds is 5. The van der Waals surface area contributed by atoms with Crippen molar-refractivity contribution in [2.24, 2.45) is 5.92 Å². The summed E-state index contributed by atoms with van der Waals surface area (Å²) in [7, 11) is 0. The molecule has 2 heterocycles. The first-order valence-electron chi connectivity index (χ1n) is 6.93. The summed E-state index contributed by atoms with van der Waals surface area (Å²) in [6, 6.07) is -0.124. The van der Waals surface area contributed by atoms with E-state index in [1.54, 1.807) is 24.7 Å². The van der Waals surface area contributed by atoms with Crippen LogP contribution in [0.1, 0.15) is 12.8 Å². The molecular weight excluding hydrogens is 254 g/mol. The molecule has 0 radical (unpaired) electrons. The zero-order valence-corrected chi connectivity index (χ0v) is 11.6. The molecule has 20 heavy (non-hydrogen) atoms. The molecule has 0 aliphatic carbocycles. The molecule has 2 rings (SSSR count). The van der Waals surface area contributed by atoms with Crippen LogP contribution in [0.3, 0.4) is 0 Å². The van der Waals surface area contributed by atoms with Crippen molar-refractivity contribution in [2.75, 3.05) is 31.1 Å². The molecule has 2 amide bonds. The molecule has 0 saturated carbocycles. The predicted octanol–water partition coefficient (Wildman–Crippen LogP) is 1.18. The molecule has 1 aromatic heterocycles. The number of carbonyl (C=O) groups excluding carboxylic acids is 1. The normalized spacial score (nSPS) is 15.7. The van der Waals surface area contributed by atoms with Crippen molar-refractivity contribution in [1.82, 2.24) is 20.6 Å². The Labute approximate surface area is 119 Å². The van der Waals surface area contributed by atoms with Gasteiger partial charge in [-0.1, -0.05) is 6.08 Å². The van der Waals surface area contributed by atoms with Crippen molar-refractivity contribution in [3.05, 3.63) is 31.2 Å². The van der Waals surface area contributed by atoms with E-state index in [-0.39, 0.29) is 6.03 Å². The zero-order valence-electron chi connectivity index (χ0n) is 11.6. The third kappa shape index (κ3) is 4.22. The van der Waals surface area contributed by atoms with Crippen LogP contribution in [0.25, 0.3) is 0 Å². The topological polar surface area (TPSA) is 70.2 Å². The number of nitrogens with zero attached hydrogens (tertiary/aromatic N) is 3. The van der Waals surface area contributed by atoms with Crippen LogP contribution in [0.2, 0.25) is 0 Å². The fraction of sp³-hybridized carbons (Fsp3) is 0.500. The van der Waals surface area contributed by atoms with Gasteiger partial charge in [-0.15, -0.1) is 6.58 Å². The van der Waals surface area contributed by atoms with Gasteiger partial charge < -0.3 is 15.5 Å². The highest BCUT2D eigenvalue weighted by Gasteiger charge is 2.20. The van der Waals surface area contributed by atoms with Crippen LogP contribution in [0.15, 0.2) is 31.2 Å².